The average molecular weight is 937 g/mol. The highest BCUT2D eigenvalue weighted by molar-refractivity contribution is 6.44. The zero-order chi connectivity index (χ0) is 40.1. The molecule has 1 unspecified atom stereocenters. The molecular formula is C45H21Cl9N4. The van der Waals surface area contributed by atoms with Crippen molar-refractivity contribution in [2.45, 2.75) is 5.62 Å². The molecule has 284 valence electrons. The molecule has 0 radical (unpaired) electrons. The molecule has 10 rings (SSSR count). The SMILES string of the molecule is Clc1cccc(Cl)c1/C1=C2\C=CC(=N2)/C(c2c(Cl)cccc2Cl)=c2/cc/c3n2C(Cl)n2c1ccc2/C(c1c(Cl)cccc1Cl)=C1/C=CC(=N1)/C=3c1c(Cl)cccc1Cl. The van der Waals surface area contributed by atoms with Gasteiger partial charge in [-0.05, 0) is 97.1 Å². The number of rotatable bonds is 4. The Labute approximate surface area is 377 Å². The van der Waals surface area contributed by atoms with Crippen molar-refractivity contribution < 1.29 is 0 Å². The van der Waals surface area contributed by atoms with Crippen LogP contribution in [-0.2, 0) is 0 Å². The molecule has 0 fully saturated rings. The van der Waals surface area contributed by atoms with Gasteiger partial charge in [-0.2, -0.15) is 0 Å². The van der Waals surface area contributed by atoms with E-state index in [1.54, 1.807) is 72.8 Å². The third-order valence-corrected chi connectivity index (χ3v) is 13.4. The first-order chi connectivity index (χ1) is 28.0. The molecule has 4 aliphatic heterocycles. The number of alkyl halides is 1. The van der Waals surface area contributed by atoms with Crippen molar-refractivity contribution in [2.24, 2.45) is 9.98 Å². The first-order valence-electron chi connectivity index (χ1n) is 17.7. The lowest BCUT2D eigenvalue weighted by Gasteiger charge is -2.27. The number of allylic oxidation sites excluding steroid dienone is 4. The van der Waals surface area contributed by atoms with Gasteiger partial charge in [-0.3, -0.25) is 0 Å². The molecule has 13 heteroatoms. The van der Waals surface area contributed by atoms with E-state index in [9.17, 15) is 0 Å². The Kier molecular flexibility index (Phi) is 9.69. The Balaban J connectivity index is 1.50. The molecule has 58 heavy (non-hydrogen) atoms. The number of halogens is 9. The van der Waals surface area contributed by atoms with Crippen LogP contribution < -0.4 is 10.7 Å². The summed E-state index contributed by atoms with van der Waals surface area (Å²) < 4.78 is 3.99. The van der Waals surface area contributed by atoms with E-state index in [1.807, 2.05) is 57.7 Å². The minimum atomic E-state index is -1.04. The normalized spacial score (nSPS) is 21.1. The van der Waals surface area contributed by atoms with Gasteiger partial charge in [0.15, 0.2) is 5.62 Å². The van der Waals surface area contributed by atoms with Crippen molar-refractivity contribution >= 4 is 138 Å². The summed E-state index contributed by atoms with van der Waals surface area (Å²) in [5.41, 5.74) is 7.28. The average Bonchev–Trinajstić information content (AvgIpc) is 4.01. The Morgan fingerprint density at radius 3 is 1.00 bits per heavy atom. The van der Waals surface area contributed by atoms with E-state index in [0.29, 0.717) is 130 Å². The lowest BCUT2D eigenvalue weighted by Crippen LogP contribution is -2.38. The molecule has 0 N–H and O–H groups in total. The molecule has 2 aromatic heterocycles. The predicted molar refractivity (Wildman–Crippen MR) is 244 cm³/mol. The summed E-state index contributed by atoms with van der Waals surface area (Å²) in [7, 11) is 0. The number of hydrogen-bond donors (Lipinski definition) is 0. The predicted octanol–water partition coefficient (Wildman–Crippen LogP) is 13.7. The van der Waals surface area contributed by atoms with Crippen LogP contribution in [0.15, 0.2) is 143 Å². The second-order valence-corrected chi connectivity index (χ2v) is 17.2. The van der Waals surface area contributed by atoms with Crippen LogP contribution in [0.3, 0.4) is 0 Å². The summed E-state index contributed by atoms with van der Waals surface area (Å²) in [6.45, 7) is 0. The molecule has 1 atom stereocenters. The highest BCUT2D eigenvalue weighted by atomic mass is 35.5. The minimum Gasteiger partial charge on any atom is -0.306 e. The molecule has 0 saturated heterocycles. The highest BCUT2D eigenvalue weighted by Crippen LogP contribution is 2.47. The lowest BCUT2D eigenvalue weighted by atomic mass is 9.99. The van der Waals surface area contributed by atoms with Gasteiger partial charge in [-0.25, -0.2) is 9.98 Å². The zero-order valence-corrected chi connectivity index (χ0v) is 36.1. The summed E-state index contributed by atoms with van der Waals surface area (Å²) >= 11 is 64.8. The summed E-state index contributed by atoms with van der Waals surface area (Å²) in [5, 5.41) is 4.59. The van der Waals surface area contributed by atoms with Gasteiger partial charge in [0, 0.05) is 44.5 Å². The van der Waals surface area contributed by atoms with Gasteiger partial charge >= 0.3 is 0 Å². The Hall–Kier alpha value is -3.91. The summed E-state index contributed by atoms with van der Waals surface area (Å²) in [6, 6.07) is 29.4. The van der Waals surface area contributed by atoms with Crippen molar-refractivity contribution in [3.8, 4) is 0 Å². The third-order valence-electron chi connectivity index (χ3n) is 10.4. The van der Waals surface area contributed by atoms with Crippen molar-refractivity contribution in [1.29, 1.82) is 0 Å². The standard InChI is InChI=1S/C45H21Cl9N4/c46-21-5-1-6-22(47)37(21)41-29-13-14-30(55-29)42(38-23(48)7-2-8-24(38)49)35-19-20-36-44(40-27(52)11-4-12-28(40)53)32-16-15-31(56-32)43(39-25(50)9-3-10-26(39)51)34-18-17-33(41)57(34)45(54)58(35)36/h1-20,45H/b41-29+,41-33?,42-30?,42-35-,43-31+,43-34?,44-32?,44-36+. The van der Waals surface area contributed by atoms with E-state index in [1.165, 1.54) is 0 Å². The van der Waals surface area contributed by atoms with Gasteiger partial charge in [0.25, 0.3) is 0 Å². The Bertz CT molecular complexity index is 2890. The number of fused-ring (bicyclic) bond motifs is 2. The van der Waals surface area contributed by atoms with Crippen LogP contribution in [0.4, 0.5) is 0 Å². The molecular weight excluding hydrogens is 916 g/mol. The van der Waals surface area contributed by atoms with Gasteiger partial charge in [-0.1, -0.05) is 129 Å². The van der Waals surface area contributed by atoms with E-state index < -0.39 is 5.62 Å². The van der Waals surface area contributed by atoms with Crippen LogP contribution in [0.5, 0.6) is 0 Å². The fraction of sp³-hybridized carbons (Fsp3) is 0.0222. The number of benzene rings is 4. The van der Waals surface area contributed by atoms with E-state index >= 15 is 0 Å². The quantitative estimate of drug-likeness (QED) is 0.158. The maximum absolute atomic E-state index is 8.14. The smallest absolute Gasteiger partial charge is 0.188 e. The first kappa shape index (κ1) is 38.3. The molecule has 4 nitrogen and oxygen atoms in total. The fourth-order valence-corrected chi connectivity index (χ4v) is 10.8. The molecule has 6 aromatic rings. The van der Waals surface area contributed by atoms with Crippen LogP contribution in [0.2, 0.25) is 40.2 Å². The third kappa shape index (κ3) is 5.88. The van der Waals surface area contributed by atoms with Crippen molar-refractivity contribution in [1.82, 2.24) is 9.13 Å². The number of aromatic nitrogens is 2. The van der Waals surface area contributed by atoms with E-state index in [0.717, 1.165) is 0 Å². The van der Waals surface area contributed by atoms with Crippen LogP contribution in [-0.4, -0.2) is 20.6 Å². The first-order valence-corrected chi connectivity index (χ1v) is 21.1. The maximum atomic E-state index is 8.14. The van der Waals surface area contributed by atoms with Crippen LogP contribution >= 0.6 is 104 Å². The fourth-order valence-electron chi connectivity index (χ4n) is 8.06. The van der Waals surface area contributed by atoms with Gasteiger partial charge < -0.3 is 9.13 Å². The second-order valence-electron chi connectivity index (χ2n) is 13.6. The molecule has 0 saturated carbocycles. The van der Waals surface area contributed by atoms with E-state index in [4.69, 9.17) is 114 Å². The van der Waals surface area contributed by atoms with Crippen LogP contribution in [0.25, 0.3) is 22.3 Å². The van der Waals surface area contributed by atoms with E-state index in [2.05, 4.69) is 0 Å². The minimum absolute atomic E-state index is 0.413. The van der Waals surface area contributed by atoms with Gasteiger partial charge in [0.2, 0.25) is 0 Å². The second kappa shape index (κ2) is 14.7. The molecule has 0 amide bonds. The molecule has 0 spiro atoms. The Morgan fingerprint density at radius 1 is 0.362 bits per heavy atom. The monoisotopic (exact) mass is 932 g/mol. The molecule has 6 heterocycles. The molecule has 0 aliphatic carbocycles. The molecule has 6 bridgehead atoms. The zero-order valence-electron chi connectivity index (χ0n) is 29.3. The number of nitrogens with zero attached hydrogens (tertiary/aromatic N) is 4. The summed E-state index contributed by atoms with van der Waals surface area (Å²) in [6.07, 6.45) is 7.70. The summed E-state index contributed by atoms with van der Waals surface area (Å²) in [4.78, 5) is 10.6. The highest BCUT2D eigenvalue weighted by Gasteiger charge is 2.35. The van der Waals surface area contributed by atoms with E-state index in [-0.39, 0.29) is 0 Å². The number of hydrogen-bond acceptors (Lipinski definition) is 2. The van der Waals surface area contributed by atoms with Crippen molar-refractivity contribution in [3.05, 3.63) is 217 Å². The maximum Gasteiger partial charge on any atom is 0.188 e. The largest absolute Gasteiger partial charge is 0.306 e. The summed E-state index contributed by atoms with van der Waals surface area (Å²) in [5.74, 6) is 0. The van der Waals surface area contributed by atoms with Gasteiger partial charge in [0.1, 0.15) is 0 Å². The van der Waals surface area contributed by atoms with Crippen LogP contribution in [0, 0.1) is 0 Å². The number of aliphatic imine (C=N–C) groups is 2. The topological polar surface area (TPSA) is 34.6 Å². The van der Waals surface area contributed by atoms with Crippen molar-refractivity contribution in [3.63, 3.8) is 0 Å². The van der Waals surface area contributed by atoms with Gasteiger partial charge in [0.05, 0.1) is 85.1 Å². The van der Waals surface area contributed by atoms with Crippen molar-refractivity contribution in [2.75, 3.05) is 0 Å². The molecule has 4 aliphatic rings. The Morgan fingerprint density at radius 2 is 0.672 bits per heavy atom. The van der Waals surface area contributed by atoms with Crippen LogP contribution in [0.1, 0.15) is 39.3 Å². The van der Waals surface area contributed by atoms with Gasteiger partial charge in [-0.15, -0.1) is 0 Å². The molecule has 4 aromatic carbocycles. The lowest BCUT2D eigenvalue weighted by molar-refractivity contribution is 0.549.